The summed E-state index contributed by atoms with van der Waals surface area (Å²) in [5, 5.41) is 0. The minimum atomic E-state index is 0.551. The number of rotatable bonds is 2. The molecule has 1 atom stereocenters. The molecule has 1 fully saturated rings. The third kappa shape index (κ3) is 1.59. The maximum Gasteiger partial charge on any atom is 0.0719 e. The van der Waals surface area contributed by atoms with Crippen LogP contribution in [0.1, 0.15) is 11.6 Å². The molecule has 2 heterocycles. The second-order valence-electron chi connectivity index (χ2n) is 3.78. The monoisotopic (exact) mass is 196 g/mol. The first-order valence-corrected chi connectivity index (χ1v) is 5.17. The van der Waals surface area contributed by atoms with E-state index in [2.05, 4.69) is 52.3 Å². The van der Waals surface area contributed by atoms with Gasteiger partial charge in [0.15, 0.2) is 0 Å². The van der Waals surface area contributed by atoms with Gasteiger partial charge in [0, 0.05) is 24.6 Å². The molecule has 15 heavy (non-hydrogen) atoms. The van der Waals surface area contributed by atoms with Crippen LogP contribution in [0.25, 0.3) is 0 Å². The lowest BCUT2D eigenvalue weighted by Gasteiger charge is -2.04. The van der Waals surface area contributed by atoms with Crippen molar-refractivity contribution in [3.63, 3.8) is 0 Å². The summed E-state index contributed by atoms with van der Waals surface area (Å²) in [7, 11) is 0. The normalized spacial score (nSPS) is 18.9. The molecule has 0 radical (unpaired) electrons. The zero-order valence-corrected chi connectivity index (χ0v) is 8.38. The van der Waals surface area contributed by atoms with Crippen LogP contribution in [0, 0.1) is 0 Å². The minimum Gasteiger partial charge on any atom is -0.360 e. The van der Waals surface area contributed by atoms with Crippen LogP contribution < -0.4 is 4.90 Å². The molecule has 74 valence electrons. The minimum absolute atomic E-state index is 0.551. The van der Waals surface area contributed by atoms with Crippen molar-refractivity contribution in [1.29, 1.82) is 0 Å². The van der Waals surface area contributed by atoms with Crippen molar-refractivity contribution in [2.45, 2.75) is 6.04 Å². The van der Waals surface area contributed by atoms with Crippen molar-refractivity contribution in [3.8, 4) is 0 Å². The number of pyridine rings is 1. The van der Waals surface area contributed by atoms with Crippen LogP contribution in [-0.2, 0) is 0 Å². The number of para-hydroxylation sites is 1. The van der Waals surface area contributed by atoms with Crippen LogP contribution in [0.4, 0.5) is 5.69 Å². The van der Waals surface area contributed by atoms with E-state index in [9.17, 15) is 0 Å². The summed E-state index contributed by atoms with van der Waals surface area (Å²) >= 11 is 0. The second-order valence-corrected chi connectivity index (χ2v) is 3.78. The molecule has 1 aliphatic heterocycles. The molecule has 3 rings (SSSR count). The van der Waals surface area contributed by atoms with E-state index in [-0.39, 0.29) is 0 Å². The molecule has 1 unspecified atom stereocenters. The SMILES string of the molecule is c1ccc(N2CC2c2ccncc2)cc1. The van der Waals surface area contributed by atoms with E-state index in [1.54, 1.807) is 0 Å². The van der Waals surface area contributed by atoms with Crippen molar-refractivity contribution in [2.24, 2.45) is 0 Å². The molecule has 1 saturated heterocycles. The van der Waals surface area contributed by atoms with E-state index in [1.807, 2.05) is 12.4 Å². The maximum atomic E-state index is 4.03. The molecule has 2 aromatic rings. The number of hydrogen-bond acceptors (Lipinski definition) is 2. The number of benzene rings is 1. The van der Waals surface area contributed by atoms with Crippen LogP contribution in [0.3, 0.4) is 0 Å². The molecule has 1 aliphatic rings. The Hall–Kier alpha value is -1.83. The third-order valence-corrected chi connectivity index (χ3v) is 2.79. The van der Waals surface area contributed by atoms with Gasteiger partial charge in [-0.05, 0) is 29.8 Å². The summed E-state index contributed by atoms with van der Waals surface area (Å²) in [6.45, 7) is 1.12. The van der Waals surface area contributed by atoms with Gasteiger partial charge >= 0.3 is 0 Å². The Morgan fingerprint density at radius 3 is 2.47 bits per heavy atom. The highest BCUT2D eigenvalue weighted by Gasteiger charge is 2.35. The van der Waals surface area contributed by atoms with Crippen LogP contribution in [0.15, 0.2) is 54.9 Å². The number of aromatic nitrogens is 1. The lowest BCUT2D eigenvalue weighted by molar-refractivity contribution is 1.11. The van der Waals surface area contributed by atoms with Gasteiger partial charge in [0.05, 0.1) is 6.04 Å². The van der Waals surface area contributed by atoms with Crippen molar-refractivity contribution < 1.29 is 0 Å². The molecule has 0 spiro atoms. The Morgan fingerprint density at radius 2 is 1.73 bits per heavy atom. The summed E-state index contributed by atoms with van der Waals surface area (Å²) in [5.41, 5.74) is 2.66. The second kappa shape index (κ2) is 3.39. The molecule has 1 aromatic heterocycles. The number of nitrogens with zero attached hydrogens (tertiary/aromatic N) is 2. The summed E-state index contributed by atoms with van der Waals surface area (Å²) in [4.78, 5) is 6.42. The predicted octanol–water partition coefficient (Wildman–Crippen LogP) is 2.64. The van der Waals surface area contributed by atoms with Crippen molar-refractivity contribution in [2.75, 3.05) is 11.4 Å². The van der Waals surface area contributed by atoms with E-state index in [4.69, 9.17) is 0 Å². The van der Waals surface area contributed by atoms with Crippen LogP contribution in [0.5, 0.6) is 0 Å². The van der Waals surface area contributed by atoms with Crippen molar-refractivity contribution >= 4 is 5.69 Å². The van der Waals surface area contributed by atoms with Gasteiger partial charge in [-0.2, -0.15) is 0 Å². The smallest absolute Gasteiger partial charge is 0.0719 e. The lowest BCUT2D eigenvalue weighted by Crippen LogP contribution is -1.93. The van der Waals surface area contributed by atoms with Crippen molar-refractivity contribution in [1.82, 2.24) is 4.98 Å². The number of hydrogen-bond donors (Lipinski definition) is 0. The van der Waals surface area contributed by atoms with Crippen LogP contribution >= 0.6 is 0 Å². The van der Waals surface area contributed by atoms with Gasteiger partial charge in [0.25, 0.3) is 0 Å². The zero-order valence-electron chi connectivity index (χ0n) is 8.38. The largest absolute Gasteiger partial charge is 0.360 e. The first-order valence-electron chi connectivity index (χ1n) is 5.17. The Bertz CT molecular complexity index is 395. The zero-order chi connectivity index (χ0) is 10.1. The molecular formula is C13H12N2. The molecule has 0 bridgehead atoms. The quantitative estimate of drug-likeness (QED) is 0.686. The maximum absolute atomic E-state index is 4.03. The Morgan fingerprint density at radius 1 is 1.00 bits per heavy atom. The molecule has 0 N–H and O–H groups in total. The van der Waals surface area contributed by atoms with Gasteiger partial charge in [-0.3, -0.25) is 4.98 Å². The predicted molar refractivity (Wildman–Crippen MR) is 60.8 cm³/mol. The molecule has 2 nitrogen and oxygen atoms in total. The van der Waals surface area contributed by atoms with Crippen LogP contribution in [0.2, 0.25) is 0 Å². The molecule has 0 aliphatic carbocycles. The topological polar surface area (TPSA) is 15.9 Å². The van der Waals surface area contributed by atoms with Gasteiger partial charge in [-0.1, -0.05) is 18.2 Å². The van der Waals surface area contributed by atoms with E-state index in [0.29, 0.717) is 6.04 Å². The Labute approximate surface area is 89.2 Å². The molecule has 1 aromatic carbocycles. The van der Waals surface area contributed by atoms with E-state index in [0.717, 1.165) is 6.54 Å². The average Bonchev–Trinajstić information content (AvgIpc) is 3.11. The van der Waals surface area contributed by atoms with E-state index < -0.39 is 0 Å². The standard InChI is InChI=1S/C13H12N2/c1-2-4-12(5-3-1)15-10-13(15)11-6-8-14-9-7-11/h1-9,13H,10H2. The van der Waals surface area contributed by atoms with Gasteiger partial charge in [0.2, 0.25) is 0 Å². The van der Waals surface area contributed by atoms with Gasteiger partial charge in [-0.25, -0.2) is 0 Å². The average molecular weight is 196 g/mol. The van der Waals surface area contributed by atoms with E-state index >= 15 is 0 Å². The fraction of sp³-hybridized carbons (Fsp3) is 0.154. The Kier molecular flexibility index (Phi) is 1.91. The molecular weight excluding hydrogens is 184 g/mol. The van der Waals surface area contributed by atoms with Gasteiger partial charge in [-0.15, -0.1) is 0 Å². The summed E-state index contributed by atoms with van der Waals surface area (Å²) in [5.74, 6) is 0. The highest BCUT2D eigenvalue weighted by molar-refractivity contribution is 5.55. The highest BCUT2D eigenvalue weighted by Crippen LogP contribution is 2.38. The lowest BCUT2D eigenvalue weighted by atomic mass is 10.2. The summed E-state index contributed by atoms with van der Waals surface area (Å²) < 4.78 is 0. The van der Waals surface area contributed by atoms with Gasteiger partial charge in [0.1, 0.15) is 0 Å². The molecule has 0 amide bonds. The Balaban J connectivity index is 1.81. The first kappa shape index (κ1) is 8.48. The van der Waals surface area contributed by atoms with Gasteiger partial charge < -0.3 is 4.90 Å². The fourth-order valence-electron chi connectivity index (χ4n) is 1.91. The highest BCUT2D eigenvalue weighted by atomic mass is 15.3. The molecule has 2 heteroatoms. The van der Waals surface area contributed by atoms with Crippen molar-refractivity contribution in [3.05, 3.63) is 60.4 Å². The summed E-state index contributed by atoms with van der Waals surface area (Å²) in [6.07, 6.45) is 3.72. The number of anilines is 1. The summed E-state index contributed by atoms with van der Waals surface area (Å²) in [6, 6.07) is 15.3. The van der Waals surface area contributed by atoms with E-state index in [1.165, 1.54) is 11.3 Å². The fourth-order valence-corrected chi connectivity index (χ4v) is 1.91. The first-order chi connectivity index (χ1) is 7.45. The third-order valence-electron chi connectivity index (χ3n) is 2.79. The molecule has 0 saturated carbocycles. The van der Waals surface area contributed by atoms with Crippen LogP contribution in [-0.4, -0.2) is 11.5 Å².